The van der Waals surface area contributed by atoms with Crippen LogP contribution in [0.15, 0.2) is 84.9 Å². The Kier molecular flexibility index (Phi) is 3.94. The lowest BCUT2D eigenvalue weighted by molar-refractivity contribution is 0.656. The van der Waals surface area contributed by atoms with Gasteiger partial charge >= 0.3 is 0 Å². The molecule has 0 aliphatic heterocycles. The summed E-state index contributed by atoms with van der Waals surface area (Å²) in [6.07, 6.45) is 0. The van der Waals surface area contributed by atoms with E-state index in [-0.39, 0.29) is 10.8 Å². The molecule has 6 rings (SSSR count). The smallest absolute Gasteiger partial charge is 0.0158 e. The molecule has 158 valence electrons. The fourth-order valence-corrected chi connectivity index (χ4v) is 6.17. The van der Waals surface area contributed by atoms with Crippen LogP contribution < -0.4 is 0 Å². The topological polar surface area (TPSA) is 0 Å². The van der Waals surface area contributed by atoms with Crippen molar-refractivity contribution in [1.82, 2.24) is 0 Å². The van der Waals surface area contributed by atoms with Gasteiger partial charge in [0.05, 0.1) is 0 Å². The number of rotatable bonds is 2. The van der Waals surface area contributed by atoms with Crippen molar-refractivity contribution in [3.05, 3.63) is 118 Å². The number of hydrogen-bond acceptors (Lipinski definition) is 0. The average Bonchev–Trinajstić information content (AvgIpc) is 3.18. The Morgan fingerprint density at radius 1 is 0.469 bits per heavy atom. The minimum atomic E-state index is 0.0449. The van der Waals surface area contributed by atoms with Crippen molar-refractivity contribution >= 4 is 0 Å². The first-order chi connectivity index (χ1) is 15.3. The standard InChI is InChI=1S/C32H30/c1-20(21-14-16-25-23-10-6-8-12-27(23)31(2,3)29(25)18-21)22-15-17-26-24-11-7-9-13-28(24)32(4,5)30(26)19-22/h6-20H,1-5H3. The van der Waals surface area contributed by atoms with Gasteiger partial charge in [-0.1, -0.05) is 120 Å². The van der Waals surface area contributed by atoms with Crippen LogP contribution in [-0.2, 0) is 10.8 Å². The van der Waals surface area contributed by atoms with Crippen LogP contribution in [0.5, 0.6) is 0 Å². The second-order valence-corrected chi connectivity index (χ2v) is 10.7. The van der Waals surface area contributed by atoms with Crippen LogP contribution in [0, 0.1) is 0 Å². The van der Waals surface area contributed by atoms with E-state index in [4.69, 9.17) is 0 Å². The van der Waals surface area contributed by atoms with Crippen LogP contribution in [0.2, 0.25) is 0 Å². The SMILES string of the molecule is CC(c1ccc2c(c1)C(C)(C)c1ccccc1-2)c1ccc2c(c1)C(C)(C)c1ccccc1-2. The third kappa shape index (κ3) is 2.50. The normalized spacial score (nSPS) is 16.4. The highest BCUT2D eigenvalue weighted by atomic mass is 14.4. The van der Waals surface area contributed by atoms with Crippen LogP contribution in [0.1, 0.15) is 73.9 Å². The van der Waals surface area contributed by atoms with E-state index in [1.807, 2.05) is 0 Å². The van der Waals surface area contributed by atoms with Crippen molar-refractivity contribution in [2.45, 2.75) is 51.4 Å². The minimum Gasteiger partial charge on any atom is -0.0619 e. The van der Waals surface area contributed by atoms with Crippen molar-refractivity contribution in [2.75, 3.05) is 0 Å². The zero-order chi connectivity index (χ0) is 22.3. The molecule has 0 nitrogen and oxygen atoms in total. The molecule has 0 bridgehead atoms. The number of benzene rings is 4. The molecule has 0 fully saturated rings. The summed E-state index contributed by atoms with van der Waals surface area (Å²) in [5, 5.41) is 0. The van der Waals surface area contributed by atoms with E-state index in [2.05, 4.69) is 120 Å². The molecule has 0 saturated carbocycles. The zero-order valence-corrected chi connectivity index (χ0v) is 19.7. The van der Waals surface area contributed by atoms with E-state index in [1.54, 1.807) is 0 Å². The first-order valence-corrected chi connectivity index (χ1v) is 11.8. The molecule has 0 radical (unpaired) electrons. The number of fused-ring (bicyclic) bond motifs is 6. The summed E-state index contributed by atoms with van der Waals surface area (Å²) in [6.45, 7) is 11.8. The quantitative estimate of drug-likeness (QED) is 0.309. The molecule has 2 aliphatic rings. The molecule has 0 spiro atoms. The summed E-state index contributed by atoms with van der Waals surface area (Å²) in [6, 6.07) is 32.1. The van der Waals surface area contributed by atoms with Crippen LogP contribution in [-0.4, -0.2) is 0 Å². The molecule has 4 aromatic rings. The minimum absolute atomic E-state index is 0.0449. The summed E-state index contributed by atoms with van der Waals surface area (Å²) < 4.78 is 0. The average molecular weight is 415 g/mol. The van der Waals surface area contributed by atoms with E-state index >= 15 is 0 Å². The highest BCUT2D eigenvalue weighted by Crippen LogP contribution is 2.51. The number of hydrogen-bond donors (Lipinski definition) is 0. The molecule has 0 heteroatoms. The van der Waals surface area contributed by atoms with E-state index in [1.165, 1.54) is 55.6 Å². The largest absolute Gasteiger partial charge is 0.0619 e. The van der Waals surface area contributed by atoms with Gasteiger partial charge in [0.25, 0.3) is 0 Å². The maximum Gasteiger partial charge on any atom is 0.0158 e. The van der Waals surface area contributed by atoms with Gasteiger partial charge in [0.2, 0.25) is 0 Å². The first-order valence-electron chi connectivity index (χ1n) is 11.8. The van der Waals surface area contributed by atoms with Crippen molar-refractivity contribution in [1.29, 1.82) is 0 Å². The van der Waals surface area contributed by atoms with Gasteiger partial charge in [-0.15, -0.1) is 0 Å². The molecule has 0 heterocycles. The second-order valence-electron chi connectivity index (χ2n) is 10.7. The van der Waals surface area contributed by atoms with E-state index < -0.39 is 0 Å². The van der Waals surface area contributed by atoms with Crippen LogP contribution in [0.4, 0.5) is 0 Å². The van der Waals surface area contributed by atoms with E-state index in [0.717, 1.165) is 0 Å². The van der Waals surface area contributed by atoms with Gasteiger partial charge in [0.15, 0.2) is 0 Å². The van der Waals surface area contributed by atoms with Crippen LogP contribution in [0.3, 0.4) is 0 Å². The van der Waals surface area contributed by atoms with Crippen molar-refractivity contribution in [3.63, 3.8) is 0 Å². The van der Waals surface area contributed by atoms with Crippen molar-refractivity contribution < 1.29 is 0 Å². The molecule has 32 heavy (non-hydrogen) atoms. The molecule has 0 amide bonds. The summed E-state index contributed by atoms with van der Waals surface area (Å²) >= 11 is 0. The predicted octanol–water partition coefficient (Wildman–Crippen LogP) is 8.45. The Morgan fingerprint density at radius 2 is 0.844 bits per heavy atom. The maximum atomic E-state index is 2.47. The predicted molar refractivity (Wildman–Crippen MR) is 136 cm³/mol. The molecule has 0 N–H and O–H groups in total. The Morgan fingerprint density at radius 3 is 1.28 bits per heavy atom. The molecule has 0 atom stereocenters. The molecule has 0 saturated heterocycles. The van der Waals surface area contributed by atoms with Crippen LogP contribution >= 0.6 is 0 Å². The van der Waals surface area contributed by atoms with Gasteiger partial charge in [0.1, 0.15) is 0 Å². The Labute approximate surface area is 192 Å². The van der Waals surface area contributed by atoms with Gasteiger partial charge in [-0.2, -0.15) is 0 Å². The van der Waals surface area contributed by atoms with Gasteiger partial charge in [-0.25, -0.2) is 0 Å². The molecular formula is C32H30. The second kappa shape index (κ2) is 6.45. The lowest BCUT2D eigenvalue weighted by Crippen LogP contribution is -2.16. The van der Waals surface area contributed by atoms with Crippen molar-refractivity contribution in [2.24, 2.45) is 0 Å². The molecule has 4 aromatic carbocycles. The fraction of sp³-hybridized carbons (Fsp3) is 0.250. The third-order valence-corrected chi connectivity index (χ3v) is 8.22. The maximum absolute atomic E-state index is 2.47. The van der Waals surface area contributed by atoms with E-state index in [9.17, 15) is 0 Å². The van der Waals surface area contributed by atoms with Crippen LogP contribution in [0.25, 0.3) is 22.3 Å². The highest BCUT2D eigenvalue weighted by molar-refractivity contribution is 5.82. The molecule has 0 unspecified atom stereocenters. The van der Waals surface area contributed by atoms with Gasteiger partial charge < -0.3 is 0 Å². The fourth-order valence-electron chi connectivity index (χ4n) is 6.17. The molecule has 2 aliphatic carbocycles. The lowest BCUT2D eigenvalue weighted by atomic mass is 9.79. The summed E-state index contributed by atoms with van der Waals surface area (Å²) in [7, 11) is 0. The monoisotopic (exact) mass is 414 g/mol. The van der Waals surface area contributed by atoms with Gasteiger partial charge in [-0.3, -0.25) is 0 Å². The summed E-state index contributed by atoms with van der Waals surface area (Å²) in [5.74, 6) is 0.352. The van der Waals surface area contributed by atoms with E-state index in [0.29, 0.717) is 5.92 Å². The Hall–Kier alpha value is -3.12. The Bertz CT molecular complexity index is 1280. The summed E-state index contributed by atoms with van der Waals surface area (Å²) in [5.41, 5.74) is 14.3. The van der Waals surface area contributed by atoms with Gasteiger partial charge in [-0.05, 0) is 55.6 Å². The van der Waals surface area contributed by atoms with Crippen molar-refractivity contribution in [3.8, 4) is 22.3 Å². The zero-order valence-electron chi connectivity index (χ0n) is 19.7. The summed E-state index contributed by atoms with van der Waals surface area (Å²) in [4.78, 5) is 0. The molecule has 0 aromatic heterocycles. The highest BCUT2D eigenvalue weighted by Gasteiger charge is 2.37. The lowest BCUT2D eigenvalue weighted by Gasteiger charge is -2.24. The first kappa shape index (κ1) is 19.6. The molecular weight excluding hydrogens is 384 g/mol. The Balaban J connectivity index is 1.43. The third-order valence-electron chi connectivity index (χ3n) is 8.22. The van der Waals surface area contributed by atoms with Gasteiger partial charge in [0, 0.05) is 16.7 Å².